The number of hydrogen-bond acceptors (Lipinski definition) is 7. The molecule has 10 nitrogen and oxygen atoms in total. The SMILES string of the molecule is Cn1cc(-c2ccc3nc(Cc4nc(-c5cc(=O)cc[nH]5)no4)[nH]c(=O)c3c2)cn1. The number of aromatic nitrogens is 7. The first-order valence-corrected chi connectivity index (χ1v) is 9.09. The van der Waals surface area contributed by atoms with E-state index in [-0.39, 0.29) is 29.1 Å². The Bertz CT molecular complexity index is 1490. The highest BCUT2D eigenvalue weighted by molar-refractivity contribution is 5.83. The highest BCUT2D eigenvalue weighted by atomic mass is 16.5. The molecule has 0 aliphatic heterocycles. The summed E-state index contributed by atoms with van der Waals surface area (Å²) < 4.78 is 6.94. The highest BCUT2D eigenvalue weighted by Crippen LogP contribution is 2.21. The summed E-state index contributed by atoms with van der Waals surface area (Å²) in [5.74, 6) is 0.925. The Kier molecular flexibility index (Phi) is 4.09. The van der Waals surface area contributed by atoms with Gasteiger partial charge in [-0.05, 0) is 17.7 Å². The third-order valence-corrected chi connectivity index (χ3v) is 4.59. The van der Waals surface area contributed by atoms with Crippen molar-refractivity contribution in [2.75, 3.05) is 0 Å². The number of nitrogens with zero attached hydrogens (tertiary/aromatic N) is 5. The summed E-state index contributed by atoms with van der Waals surface area (Å²) in [6.07, 6.45) is 5.28. The summed E-state index contributed by atoms with van der Waals surface area (Å²) in [5.41, 5.74) is 2.39. The average Bonchev–Trinajstić information content (AvgIpc) is 3.37. The number of rotatable bonds is 4. The molecular weight excluding hydrogens is 386 g/mol. The van der Waals surface area contributed by atoms with E-state index < -0.39 is 0 Å². The lowest BCUT2D eigenvalue weighted by Crippen LogP contribution is -2.12. The monoisotopic (exact) mass is 401 g/mol. The van der Waals surface area contributed by atoms with E-state index in [2.05, 4.69) is 30.2 Å². The molecule has 0 spiro atoms. The summed E-state index contributed by atoms with van der Waals surface area (Å²) in [4.78, 5) is 38.5. The molecule has 0 fully saturated rings. The molecule has 148 valence electrons. The van der Waals surface area contributed by atoms with Gasteiger partial charge in [0.05, 0.1) is 29.2 Å². The van der Waals surface area contributed by atoms with E-state index in [0.717, 1.165) is 11.1 Å². The molecule has 30 heavy (non-hydrogen) atoms. The third kappa shape index (κ3) is 3.30. The van der Waals surface area contributed by atoms with Crippen LogP contribution in [-0.4, -0.2) is 34.9 Å². The molecule has 0 amide bonds. The van der Waals surface area contributed by atoms with E-state index in [1.54, 1.807) is 23.0 Å². The van der Waals surface area contributed by atoms with E-state index in [0.29, 0.717) is 22.4 Å². The second-order valence-corrected chi connectivity index (χ2v) is 6.77. The average molecular weight is 401 g/mol. The first kappa shape index (κ1) is 17.7. The highest BCUT2D eigenvalue weighted by Gasteiger charge is 2.13. The van der Waals surface area contributed by atoms with Gasteiger partial charge in [0.2, 0.25) is 11.7 Å². The van der Waals surface area contributed by atoms with Crippen LogP contribution in [-0.2, 0) is 13.5 Å². The van der Waals surface area contributed by atoms with Crippen molar-refractivity contribution in [3.63, 3.8) is 0 Å². The van der Waals surface area contributed by atoms with Crippen LogP contribution in [0.2, 0.25) is 0 Å². The molecule has 0 unspecified atom stereocenters. The number of aryl methyl sites for hydroxylation is 1. The predicted molar refractivity (Wildman–Crippen MR) is 108 cm³/mol. The van der Waals surface area contributed by atoms with Crippen LogP contribution in [0, 0.1) is 0 Å². The van der Waals surface area contributed by atoms with Crippen molar-refractivity contribution in [3.8, 4) is 22.6 Å². The Morgan fingerprint density at radius 1 is 1.10 bits per heavy atom. The fourth-order valence-corrected chi connectivity index (χ4v) is 3.17. The summed E-state index contributed by atoms with van der Waals surface area (Å²) >= 11 is 0. The molecule has 5 aromatic rings. The van der Waals surface area contributed by atoms with Gasteiger partial charge in [0.25, 0.3) is 5.56 Å². The molecule has 0 saturated carbocycles. The smallest absolute Gasteiger partial charge is 0.258 e. The molecule has 4 heterocycles. The second kappa shape index (κ2) is 6.92. The first-order chi connectivity index (χ1) is 14.5. The Morgan fingerprint density at radius 2 is 2.00 bits per heavy atom. The Morgan fingerprint density at radius 3 is 2.80 bits per heavy atom. The lowest BCUT2D eigenvalue weighted by molar-refractivity contribution is 0.384. The quantitative estimate of drug-likeness (QED) is 0.467. The molecule has 0 aliphatic rings. The van der Waals surface area contributed by atoms with Gasteiger partial charge in [0.15, 0.2) is 5.43 Å². The van der Waals surface area contributed by atoms with Crippen LogP contribution in [0.1, 0.15) is 11.7 Å². The van der Waals surface area contributed by atoms with Crippen molar-refractivity contribution < 1.29 is 4.52 Å². The lowest BCUT2D eigenvalue weighted by atomic mass is 10.1. The Labute approximate surface area is 168 Å². The fraction of sp³-hybridized carbons (Fsp3) is 0.100. The standard InChI is InChI=1S/C20H15N7O3/c1-27-10-12(9-22-27)11-2-3-15-14(6-11)20(29)24-17(23-15)8-18-25-19(26-30-18)16-7-13(28)4-5-21-16/h2-7,9-10H,8H2,1H3,(H,21,28)(H,23,24,29). The zero-order chi connectivity index (χ0) is 20.7. The normalized spacial score (nSPS) is 11.2. The number of fused-ring (bicyclic) bond motifs is 1. The number of aromatic amines is 2. The largest absolute Gasteiger partial charge is 0.358 e. The topological polar surface area (TPSA) is 135 Å². The minimum absolute atomic E-state index is 0.152. The van der Waals surface area contributed by atoms with E-state index >= 15 is 0 Å². The van der Waals surface area contributed by atoms with E-state index in [1.807, 2.05) is 19.3 Å². The molecule has 10 heteroatoms. The lowest BCUT2D eigenvalue weighted by Gasteiger charge is -2.03. The number of nitrogens with one attached hydrogen (secondary N) is 2. The summed E-state index contributed by atoms with van der Waals surface area (Å²) in [6.45, 7) is 0. The van der Waals surface area contributed by atoms with Gasteiger partial charge in [-0.3, -0.25) is 14.3 Å². The van der Waals surface area contributed by atoms with Gasteiger partial charge in [0.1, 0.15) is 5.82 Å². The van der Waals surface area contributed by atoms with Crippen molar-refractivity contribution in [2.24, 2.45) is 7.05 Å². The minimum Gasteiger partial charge on any atom is -0.358 e. The van der Waals surface area contributed by atoms with Crippen molar-refractivity contribution in [3.05, 3.63) is 81.2 Å². The Hall–Kier alpha value is -4.34. The van der Waals surface area contributed by atoms with Crippen LogP contribution < -0.4 is 11.0 Å². The summed E-state index contributed by atoms with van der Waals surface area (Å²) in [6, 6.07) is 8.26. The molecule has 0 saturated heterocycles. The fourth-order valence-electron chi connectivity index (χ4n) is 3.17. The van der Waals surface area contributed by atoms with Gasteiger partial charge in [-0.2, -0.15) is 10.1 Å². The molecule has 0 radical (unpaired) electrons. The van der Waals surface area contributed by atoms with Crippen LogP contribution in [0.3, 0.4) is 0 Å². The Balaban J connectivity index is 1.45. The molecule has 0 atom stereocenters. The molecule has 1 aromatic carbocycles. The summed E-state index contributed by atoms with van der Waals surface area (Å²) in [5, 5.41) is 8.51. The van der Waals surface area contributed by atoms with E-state index in [4.69, 9.17) is 4.52 Å². The van der Waals surface area contributed by atoms with Gasteiger partial charge in [0, 0.05) is 37.1 Å². The number of H-pyrrole nitrogens is 2. The van der Waals surface area contributed by atoms with Crippen LogP contribution >= 0.6 is 0 Å². The van der Waals surface area contributed by atoms with Gasteiger partial charge < -0.3 is 14.5 Å². The van der Waals surface area contributed by atoms with Crippen molar-refractivity contribution in [1.29, 1.82) is 0 Å². The van der Waals surface area contributed by atoms with Crippen LogP contribution in [0.15, 0.2) is 63.0 Å². The van der Waals surface area contributed by atoms with Crippen LogP contribution in [0.25, 0.3) is 33.5 Å². The van der Waals surface area contributed by atoms with Crippen LogP contribution in [0.5, 0.6) is 0 Å². The molecule has 0 aliphatic carbocycles. The van der Waals surface area contributed by atoms with Gasteiger partial charge in [-0.15, -0.1) is 0 Å². The third-order valence-electron chi connectivity index (χ3n) is 4.59. The molecule has 5 rings (SSSR count). The second-order valence-electron chi connectivity index (χ2n) is 6.77. The predicted octanol–water partition coefficient (Wildman–Crippen LogP) is 1.65. The van der Waals surface area contributed by atoms with Crippen molar-refractivity contribution >= 4 is 10.9 Å². The molecule has 0 bridgehead atoms. The van der Waals surface area contributed by atoms with Crippen molar-refractivity contribution in [2.45, 2.75) is 6.42 Å². The van der Waals surface area contributed by atoms with Gasteiger partial charge in [-0.1, -0.05) is 11.2 Å². The number of benzene rings is 1. The van der Waals surface area contributed by atoms with Crippen LogP contribution in [0.4, 0.5) is 0 Å². The molecular formula is C20H15N7O3. The first-order valence-electron chi connectivity index (χ1n) is 9.09. The zero-order valence-electron chi connectivity index (χ0n) is 15.8. The van der Waals surface area contributed by atoms with E-state index in [1.165, 1.54) is 18.3 Å². The van der Waals surface area contributed by atoms with Gasteiger partial charge >= 0.3 is 0 Å². The number of hydrogen-bond donors (Lipinski definition) is 2. The molecule has 4 aromatic heterocycles. The summed E-state index contributed by atoms with van der Waals surface area (Å²) in [7, 11) is 1.84. The molecule has 2 N–H and O–H groups in total. The maximum absolute atomic E-state index is 12.6. The van der Waals surface area contributed by atoms with E-state index in [9.17, 15) is 9.59 Å². The minimum atomic E-state index is -0.257. The number of pyridine rings is 1. The van der Waals surface area contributed by atoms with Gasteiger partial charge in [-0.25, -0.2) is 4.98 Å². The maximum Gasteiger partial charge on any atom is 0.258 e. The maximum atomic E-state index is 12.6. The zero-order valence-corrected chi connectivity index (χ0v) is 15.8. The van der Waals surface area contributed by atoms with Crippen molar-refractivity contribution in [1.82, 2.24) is 34.9 Å².